The molecule has 1 saturated carbocycles. The number of nitro groups is 1. The molecular formula is C37H28ClFN4O8. The van der Waals surface area contributed by atoms with Crippen LogP contribution in [0.3, 0.4) is 0 Å². The monoisotopic (exact) mass is 710 g/mol. The van der Waals surface area contributed by atoms with Gasteiger partial charge in [0.25, 0.3) is 17.5 Å². The van der Waals surface area contributed by atoms with Crippen molar-refractivity contribution >= 4 is 52.3 Å². The fraction of sp³-hybridized carbons (Fsp3) is 0.243. The molecule has 12 nitrogen and oxygen atoms in total. The van der Waals surface area contributed by atoms with Crippen molar-refractivity contribution in [3.63, 3.8) is 0 Å². The van der Waals surface area contributed by atoms with E-state index in [1.807, 2.05) is 6.08 Å². The number of nitrogens with zero attached hydrogens (tertiary/aromatic N) is 3. The zero-order chi connectivity index (χ0) is 35.8. The summed E-state index contributed by atoms with van der Waals surface area (Å²) in [6.07, 6.45) is 1.95. The van der Waals surface area contributed by atoms with Gasteiger partial charge in [0.15, 0.2) is 0 Å². The molecule has 258 valence electrons. The first-order valence-corrected chi connectivity index (χ1v) is 16.6. The topological polar surface area (TPSA) is 163 Å². The molecule has 14 heteroatoms. The summed E-state index contributed by atoms with van der Waals surface area (Å²) in [4.78, 5) is 69.9. The average molecular weight is 711 g/mol. The van der Waals surface area contributed by atoms with Gasteiger partial charge in [-0.15, -0.1) is 0 Å². The van der Waals surface area contributed by atoms with Crippen molar-refractivity contribution in [1.82, 2.24) is 5.01 Å². The standard InChI is InChI=1S/C37H28ClFN4O8/c38-20-6-4-19(5-7-20)37-29(34(46)42(36(37)48)40-22-10-8-21(39)9-11-22)17-28-26(32(37)30-15-12-25(18-44)51-30)13-14-27-31(28)35(47)41(33(27)45)23-2-1-3-24(16-23)43(49)50/h1-13,15-16,27-29,31-32,40,44H,14,17-18H2/t27-,28+,29-,31-,32+,37+/m0/s1. The number of aliphatic hydroxyl groups is 1. The summed E-state index contributed by atoms with van der Waals surface area (Å²) < 4.78 is 20.0. The van der Waals surface area contributed by atoms with Gasteiger partial charge < -0.3 is 9.52 Å². The minimum atomic E-state index is -1.64. The second-order valence-corrected chi connectivity index (χ2v) is 13.6. The smallest absolute Gasteiger partial charge is 0.271 e. The number of nitro benzene ring substituents is 1. The van der Waals surface area contributed by atoms with Gasteiger partial charge in [0.05, 0.1) is 40.0 Å². The number of halogens is 2. The molecule has 4 aromatic rings. The Balaban J connectivity index is 1.30. The zero-order valence-electron chi connectivity index (χ0n) is 26.6. The van der Waals surface area contributed by atoms with E-state index in [1.165, 1.54) is 48.5 Å². The van der Waals surface area contributed by atoms with Gasteiger partial charge in [-0.1, -0.05) is 41.4 Å². The minimum Gasteiger partial charge on any atom is -0.463 e. The lowest BCUT2D eigenvalue weighted by Crippen LogP contribution is -2.53. The van der Waals surface area contributed by atoms with Crippen LogP contribution in [0.15, 0.2) is 101 Å². The number of anilines is 2. The van der Waals surface area contributed by atoms with Crippen molar-refractivity contribution in [3.05, 3.63) is 135 Å². The molecule has 1 aromatic heterocycles. The van der Waals surface area contributed by atoms with E-state index in [1.54, 1.807) is 36.4 Å². The number of nitrogens with one attached hydrogen (secondary N) is 1. The number of amides is 4. The van der Waals surface area contributed by atoms with Crippen LogP contribution in [0.25, 0.3) is 0 Å². The molecule has 0 spiro atoms. The Kier molecular flexibility index (Phi) is 7.65. The number of allylic oxidation sites excluding steroid dienone is 2. The quantitative estimate of drug-likeness (QED) is 0.107. The number of furan rings is 1. The summed E-state index contributed by atoms with van der Waals surface area (Å²) in [6, 6.07) is 20.2. The number of hydrogen-bond donors (Lipinski definition) is 2. The van der Waals surface area contributed by atoms with Crippen LogP contribution in [0.4, 0.5) is 21.5 Å². The molecule has 3 aromatic carbocycles. The van der Waals surface area contributed by atoms with Gasteiger partial charge in [0.1, 0.15) is 29.4 Å². The Bertz CT molecular complexity index is 2170. The Labute approximate surface area is 294 Å². The van der Waals surface area contributed by atoms with E-state index < -0.39 is 76.0 Å². The predicted molar refractivity (Wildman–Crippen MR) is 179 cm³/mol. The maximum absolute atomic E-state index is 15.1. The van der Waals surface area contributed by atoms with Crippen LogP contribution >= 0.6 is 11.6 Å². The average Bonchev–Trinajstić information content (AvgIpc) is 3.77. The minimum absolute atomic E-state index is 0.00629. The van der Waals surface area contributed by atoms with Crippen molar-refractivity contribution in [1.29, 1.82) is 0 Å². The molecule has 2 saturated heterocycles. The molecule has 6 atom stereocenters. The van der Waals surface area contributed by atoms with Crippen molar-refractivity contribution < 1.29 is 38.0 Å². The lowest BCUT2D eigenvalue weighted by atomic mass is 9.50. The molecule has 8 rings (SSSR count). The third-order valence-electron chi connectivity index (χ3n) is 10.7. The molecule has 0 unspecified atom stereocenters. The summed E-state index contributed by atoms with van der Waals surface area (Å²) >= 11 is 6.30. The largest absolute Gasteiger partial charge is 0.463 e. The normalized spacial score (nSPS) is 26.9. The predicted octanol–water partition coefficient (Wildman–Crippen LogP) is 5.66. The zero-order valence-corrected chi connectivity index (χ0v) is 27.3. The van der Waals surface area contributed by atoms with Crippen molar-refractivity contribution in [2.24, 2.45) is 23.7 Å². The molecule has 3 heterocycles. The van der Waals surface area contributed by atoms with Gasteiger partial charge in [-0.05, 0) is 78.9 Å². The number of benzene rings is 3. The maximum atomic E-state index is 15.1. The second kappa shape index (κ2) is 12.0. The van der Waals surface area contributed by atoms with E-state index in [0.717, 1.165) is 9.91 Å². The van der Waals surface area contributed by atoms with Gasteiger partial charge in [-0.2, -0.15) is 5.01 Å². The number of carbonyl (C=O) groups excluding carboxylic acids is 4. The molecule has 2 aliphatic heterocycles. The SMILES string of the molecule is O=C1[C@@H]2C[C@@H]3C(=CC[C@@H]4C(=O)N(c5cccc([N+](=O)[O-])c5)C(=O)[C@@H]43)[C@H](c3ccc(CO)o3)[C@]2(c2ccc(Cl)cc2)C(=O)N1Nc1ccc(F)cc1. The first kappa shape index (κ1) is 32.5. The molecule has 0 radical (unpaired) electrons. The Morgan fingerprint density at radius 3 is 2.39 bits per heavy atom. The number of aliphatic hydroxyl groups excluding tert-OH is 1. The Morgan fingerprint density at radius 1 is 0.961 bits per heavy atom. The van der Waals surface area contributed by atoms with Crippen molar-refractivity contribution in [2.45, 2.75) is 30.8 Å². The Morgan fingerprint density at radius 2 is 1.71 bits per heavy atom. The van der Waals surface area contributed by atoms with Gasteiger partial charge in [0, 0.05) is 17.2 Å². The third-order valence-corrected chi connectivity index (χ3v) is 10.9. The first-order chi connectivity index (χ1) is 24.5. The highest BCUT2D eigenvalue weighted by atomic mass is 35.5. The summed E-state index contributed by atoms with van der Waals surface area (Å²) in [7, 11) is 0. The second-order valence-electron chi connectivity index (χ2n) is 13.1. The molecule has 2 N–H and O–H groups in total. The number of carbonyl (C=O) groups is 4. The number of hydrazine groups is 1. The molecular weight excluding hydrogens is 683 g/mol. The van der Waals surface area contributed by atoms with Crippen LogP contribution in [0, 0.1) is 39.6 Å². The highest BCUT2D eigenvalue weighted by Crippen LogP contribution is 2.64. The highest BCUT2D eigenvalue weighted by molar-refractivity contribution is 6.30. The third kappa shape index (κ3) is 4.83. The van der Waals surface area contributed by atoms with E-state index in [4.69, 9.17) is 16.0 Å². The number of rotatable bonds is 7. The van der Waals surface area contributed by atoms with E-state index in [0.29, 0.717) is 16.2 Å². The van der Waals surface area contributed by atoms with Crippen molar-refractivity contribution in [2.75, 3.05) is 10.3 Å². The summed E-state index contributed by atoms with van der Waals surface area (Å²) in [5.41, 5.74) is 2.37. The van der Waals surface area contributed by atoms with Gasteiger partial charge in [0.2, 0.25) is 11.8 Å². The maximum Gasteiger partial charge on any atom is 0.271 e. The number of fused-ring (bicyclic) bond motifs is 4. The molecule has 0 bridgehead atoms. The Hall–Kier alpha value is -5.66. The fourth-order valence-electron chi connectivity index (χ4n) is 8.60. The van der Waals surface area contributed by atoms with Crippen LogP contribution < -0.4 is 10.3 Å². The lowest BCUT2D eigenvalue weighted by Gasteiger charge is -2.49. The van der Waals surface area contributed by atoms with E-state index in [2.05, 4.69) is 5.43 Å². The van der Waals surface area contributed by atoms with Crippen LogP contribution in [0.5, 0.6) is 0 Å². The molecule has 4 amide bonds. The van der Waals surface area contributed by atoms with Gasteiger partial charge in [-0.25, -0.2) is 9.29 Å². The summed E-state index contributed by atoms with van der Waals surface area (Å²) in [5, 5.41) is 22.8. The van der Waals surface area contributed by atoms with Crippen LogP contribution in [-0.4, -0.2) is 38.7 Å². The van der Waals surface area contributed by atoms with Crippen LogP contribution in [0.2, 0.25) is 5.02 Å². The van der Waals surface area contributed by atoms with Crippen molar-refractivity contribution in [3.8, 4) is 0 Å². The number of hydrogen-bond acceptors (Lipinski definition) is 9. The fourth-order valence-corrected chi connectivity index (χ4v) is 8.72. The van der Waals surface area contributed by atoms with Gasteiger partial charge >= 0.3 is 0 Å². The number of imide groups is 2. The van der Waals surface area contributed by atoms with E-state index in [-0.39, 0.29) is 41.4 Å². The van der Waals surface area contributed by atoms with E-state index in [9.17, 15) is 34.0 Å². The molecule has 4 aliphatic rings. The van der Waals surface area contributed by atoms with E-state index >= 15 is 4.79 Å². The molecule has 51 heavy (non-hydrogen) atoms. The molecule has 2 aliphatic carbocycles. The van der Waals surface area contributed by atoms with Crippen LogP contribution in [-0.2, 0) is 31.2 Å². The van der Waals surface area contributed by atoms with Crippen LogP contribution in [0.1, 0.15) is 35.8 Å². The first-order valence-electron chi connectivity index (χ1n) is 16.2. The summed E-state index contributed by atoms with van der Waals surface area (Å²) in [6.45, 7) is -0.437. The number of non-ortho nitro benzene ring substituents is 1. The molecule has 3 fully saturated rings. The highest BCUT2D eigenvalue weighted by Gasteiger charge is 2.71. The van der Waals surface area contributed by atoms with Gasteiger partial charge in [-0.3, -0.25) is 34.7 Å². The lowest BCUT2D eigenvalue weighted by molar-refractivity contribution is -0.384. The summed E-state index contributed by atoms with van der Waals surface area (Å²) in [5.74, 6) is -6.89.